The number of nitrogens with one attached hydrogen (secondary N) is 1. The molecular formula is C17H18N4OS. The molecule has 1 heterocycles. The van der Waals surface area contributed by atoms with Crippen LogP contribution in [0.2, 0.25) is 0 Å². The number of aryl methyl sites for hydroxylation is 1. The minimum atomic E-state index is -0.0541. The number of hydrogen-bond donors (Lipinski definition) is 1. The van der Waals surface area contributed by atoms with E-state index in [1.807, 2.05) is 42.3 Å². The standard InChI is InChI=1S/C17H18N4OS/c1-12-6-3-4-7-13(12)10-21(2)11-16(22)18-14-8-5-9-15-17(14)20-23-19-15/h3-9H,10-11H2,1-2H3,(H,18,22). The van der Waals surface area contributed by atoms with E-state index in [2.05, 4.69) is 33.1 Å². The zero-order valence-corrected chi connectivity index (χ0v) is 13.9. The van der Waals surface area contributed by atoms with Gasteiger partial charge in [-0.2, -0.15) is 8.75 Å². The summed E-state index contributed by atoms with van der Waals surface area (Å²) < 4.78 is 8.41. The lowest BCUT2D eigenvalue weighted by Gasteiger charge is -2.17. The molecule has 5 nitrogen and oxygen atoms in total. The van der Waals surface area contributed by atoms with Gasteiger partial charge in [-0.15, -0.1) is 0 Å². The van der Waals surface area contributed by atoms with Crippen LogP contribution in [0, 0.1) is 6.92 Å². The van der Waals surface area contributed by atoms with Crippen molar-refractivity contribution in [3.63, 3.8) is 0 Å². The molecule has 118 valence electrons. The van der Waals surface area contributed by atoms with Gasteiger partial charge >= 0.3 is 0 Å². The largest absolute Gasteiger partial charge is 0.323 e. The fraction of sp³-hybridized carbons (Fsp3) is 0.235. The van der Waals surface area contributed by atoms with Crippen molar-refractivity contribution in [2.75, 3.05) is 18.9 Å². The molecule has 0 fully saturated rings. The Hall–Kier alpha value is -2.31. The fourth-order valence-electron chi connectivity index (χ4n) is 2.48. The van der Waals surface area contributed by atoms with Gasteiger partial charge < -0.3 is 5.32 Å². The molecule has 1 amide bonds. The molecule has 0 saturated carbocycles. The highest BCUT2D eigenvalue weighted by Gasteiger charge is 2.11. The Morgan fingerprint density at radius 2 is 2.00 bits per heavy atom. The van der Waals surface area contributed by atoms with Crippen molar-refractivity contribution in [3.8, 4) is 0 Å². The van der Waals surface area contributed by atoms with Gasteiger partial charge in [0, 0.05) is 6.54 Å². The number of carbonyl (C=O) groups is 1. The van der Waals surface area contributed by atoms with Crippen LogP contribution >= 0.6 is 11.7 Å². The highest BCUT2D eigenvalue weighted by Crippen LogP contribution is 2.21. The van der Waals surface area contributed by atoms with Crippen molar-refractivity contribution in [3.05, 3.63) is 53.6 Å². The van der Waals surface area contributed by atoms with E-state index in [4.69, 9.17) is 0 Å². The predicted octanol–water partition coefficient (Wildman–Crippen LogP) is 3.07. The van der Waals surface area contributed by atoms with E-state index < -0.39 is 0 Å². The molecule has 0 radical (unpaired) electrons. The maximum Gasteiger partial charge on any atom is 0.238 e. The average molecular weight is 326 g/mol. The van der Waals surface area contributed by atoms with E-state index in [9.17, 15) is 4.79 Å². The summed E-state index contributed by atoms with van der Waals surface area (Å²) in [4.78, 5) is 14.3. The molecular weight excluding hydrogens is 308 g/mol. The van der Waals surface area contributed by atoms with Gasteiger partial charge in [0.05, 0.1) is 24.0 Å². The molecule has 0 spiro atoms. The summed E-state index contributed by atoms with van der Waals surface area (Å²) in [6.45, 7) is 3.14. The van der Waals surface area contributed by atoms with Gasteiger partial charge in [0.25, 0.3) is 0 Å². The second-order valence-corrected chi connectivity index (χ2v) is 6.11. The molecule has 1 aromatic heterocycles. The van der Waals surface area contributed by atoms with Crippen LogP contribution in [0.1, 0.15) is 11.1 Å². The summed E-state index contributed by atoms with van der Waals surface area (Å²) in [6.07, 6.45) is 0. The van der Waals surface area contributed by atoms with E-state index in [1.54, 1.807) is 0 Å². The fourth-order valence-corrected chi connectivity index (χ4v) is 3.03. The van der Waals surface area contributed by atoms with Crippen molar-refractivity contribution >= 4 is 34.4 Å². The molecule has 23 heavy (non-hydrogen) atoms. The van der Waals surface area contributed by atoms with Gasteiger partial charge in [0.1, 0.15) is 11.0 Å². The summed E-state index contributed by atoms with van der Waals surface area (Å²) in [7, 11) is 1.94. The van der Waals surface area contributed by atoms with Crippen LogP contribution in [0.5, 0.6) is 0 Å². The minimum Gasteiger partial charge on any atom is -0.323 e. The van der Waals surface area contributed by atoms with Crippen LogP contribution in [0.25, 0.3) is 11.0 Å². The Kier molecular flexibility index (Phi) is 4.64. The number of rotatable bonds is 5. The van der Waals surface area contributed by atoms with Crippen molar-refractivity contribution in [1.82, 2.24) is 13.6 Å². The van der Waals surface area contributed by atoms with Crippen LogP contribution in [-0.2, 0) is 11.3 Å². The van der Waals surface area contributed by atoms with Gasteiger partial charge in [0.2, 0.25) is 5.91 Å². The third-order valence-electron chi connectivity index (χ3n) is 3.68. The molecule has 3 rings (SSSR count). The molecule has 0 atom stereocenters. The molecule has 0 aliphatic carbocycles. The first-order valence-corrected chi connectivity index (χ1v) is 8.10. The molecule has 1 N–H and O–H groups in total. The van der Waals surface area contributed by atoms with E-state index >= 15 is 0 Å². The van der Waals surface area contributed by atoms with E-state index in [0.717, 1.165) is 29.3 Å². The lowest BCUT2D eigenvalue weighted by Crippen LogP contribution is -2.30. The Morgan fingerprint density at radius 1 is 1.17 bits per heavy atom. The first kappa shape index (κ1) is 15.6. The zero-order chi connectivity index (χ0) is 16.2. The van der Waals surface area contributed by atoms with Crippen LogP contribution < -0.4 is 5.32 Å². The van der Waals surface area contributed by atoms with E-state index in [1.165, 1.54) is 11.1 Å². The topological polar surface area (TPSA) is 58.1 Å². The zero-order valence-electron chi connectivity index (χ0n) is 13.1. The number of nitrogens with zero attached hydrogens (tertiary/aromatic N) is 3. The number of amides is 1. The van der Waals surface area contributed by atoms with Crippen molar-refractivity contribution < 1.29 is 4.79 Å². The number of hydrogen-bond acceptors (Lipinski definition) is 5. The normalized spacial score (nSPS) is 11.1. The van der Waals surface area contributed by atoms with Gasteiger partial charge in [-0.1, -0.05) is 30.3 Å². The lowest BCUT2D eigenvalue weighted by molar-refractivity contribution is -0.117. The van der Waals surface area contributed by atoms with Gasteiger partial charge in [-0.05, 0) is 37.2 Å². The molecule has 0 saturated heterocycles. The average Bonchev–Trinajstić information content (AvgIpc) is 2.99. The van der Waals surface area contributed by atoms with Crippen LogP contribution in [0.4, 0.5) is 5.69 Å². The Labute approximate surface area is 139 Å². The third kappa shape index (κ3) is 3.72. The molecule has 6 heteroatoms. The molecule has 2 aromatic carbocycles. The molecule has 0 aliphatic rings. The van der Waals surface area contributed by atoms with Gasteiger partial charge in [-0.25, -0.2) is 0 Å². The molecule has 3 aromatic rings. The summed E-state index contributed by atoms with van der Waals surface area (Å²) in [5.74, 6) is -0.0541. The Balaban J connectivity index is 1.63. The highest BCUT2D eigenvalue weighted by atomic mass is 32.1. The maximum absolute atomic E-state index is 12.3. The monoisotopic (exact) mass is 326 g/mol. The quantitative estimate of drug-likeness (QED) is 0.783. The summed E-state index contributed by atoms with van der Waals surface area (Å²) in [5.41, 5.74) is 4.73. The minimum absolute atomic E-state index is 0.0541. The Morgan fingerprint density at radius 3 is 2.83 bits per heavy atom. The predicted molar refractivity (Wildman–Crippen MR) is 93.6 cm³/mol. The second-order valence-electron chi connectivity index (χ2n) is 5.58. The SMILES string of the molecule is Cc1ccccc1CN(C)CC(=O)Nc1cccc2nsnc12. The number of benzene rings is 2. The second kappa shape index (κ2) is 6.85. The highest BCUT2D eigenvalue weighted by molar-refractivity contribution is 7.00. The Bertz CT molecular complexity index is 830. The van der Waals surface area contributed by atoms with E-state index in [0.29, 0.717) is 12.2 Å². The molecule has 0 unspecified atom stereocenters. The van der Waals surface area contributed by atoms with Crippen LogP contribution in [0.15, 0.2) is 42.5 Å². The van der Waals surface area contributed by atoms with Crippen molar-refractivity contribution in [1.29, 1.82) is 0 Å². The number of aromatic nitrogens is 2. The maximum atomic E-state index is 12.3. The first-order valence-electron chi connectivity index (χ1n) is 7.37. The number of likely N-dealkylation sites (N-methyl/N-ethyl adjacent to an activating group) is 1. The summed E-state index contributed by atoms with van der Waals surface area (Å²) in [6, 6.07) is 13.8. The van der Waals surface area contributed by atoms with Crippen molar-refractivity contribution in [2.24, 2.45) is 0 Å². The van der Waals surface area contributed by atoms with Crippen LogP contribution in [0.3, 0.4) is 0 Å². The van der Waals surface area contributed by atoms with E-state index in [-0.39, 0.29) is 5.91 Å². The molecule has 0 aliphatic heterocycles. The summed E-state index contributed by atoms with van der Waals surface area (Å²) >= 11 is 1.15. The van der Waals surface area contributed by atoms with Gasteiger partial charge in [0.15, 0.2) is 0 Å². The number of fused-ring (bicyclic) bond motifs is 1. The lowest BCUT2D eigenvalue weighted by atomic mass is 10.1. The molecule has 0 bridgehead atoms. The smallest absolute Gasteiger partial charge is 0.238 e. The number of anilines is 1. The summed E-state index contributed by atoms with van der Waals surface area (Å²) in [5, 5.41) is 2.93. The third-order valence-corrected chi connectivity index (χ3v) is 4.22. The first-order chi connectivity index (χ1) is 11.1. The van der Waals surface area contributed by atoms with Crippen molar-refractivity contribution in [2.45, 2.75) is 13.5 Å². The number of carbonyl (C=O) groups excluding carboxylic acids is 1. The van der Waals surface area contributed by atoms with Crippen LogP contribution in [-0.4, -0.2) is 33.1 Å². The van der Waals surface area contributed by atoms with Gasteiger partial charge in [-0.3, -0.25) is 9.69 Å².